The van der Waals surface area contributed by atoms with Gasteiger partial charge in [0, 0.05) is 6.04 Å². The van der Waals surface area contributed by atoms with E-state index in [1.54, 1.807) is 0 Å². The second-order valence-electron chi connectivity index (χ2n) is 5.90. The molecule has 0 radical (unpaired) electrons. The molecule has 0 heterocycles. The topological polar surface area (TPSA) is 38.0 Å². The van der Waals surface area contributed by atoms with Crippen molar-refractivity contribution in [2.75, 3.05) is 0 Å². The molecular formula is C14H28N2. The number of rotatable bonds is 5. The fraction of sp³-hybridized carbons (Fsp3) is 1.00. The minimum atomic E-state index is 0.596. The molecule has 0 bridgehead atoms. The van der Waals surface area contributed by atoms with Crippen molar-refractivity contribution in [3.05, 3.63) is 0 Å². The Morgan fingerprint density at radius 3 is 2.12 bits per heavy atom. The van der Waals surface area contributed by atoms with E-state index in [9.17, 15) is 0 Å². The molecule has 0 spiro atoms. The molecule has 0 amide bonds. The molecule has 2 aliphatic rings. The van der Waals surface area contributed by atoms with Gasteiger partial charge in [0.15, 0.2) is 0 Å². The summed E-state index contributed by atoms with van der Waals surface area (Å²) in [4.78, 5) is 0. The van der Waals surface area contributed by atoms with Crippen molar-refractivity contribution in [1.29, 1.82) is 0 Å². The lowest BCUT2D eigenvalue weighted by atomic mass is 9.84. The van der Waals surface area contributed by atoms with Crippen LogP contribution < -0.4 is 11.3 Å². The smallest absolute Gasteiger partial charge is 0.0238 e. The van der Waals surface area contributed by atoms with Crippen LogP contribution in [0.4, 0.5) is 0 Å². The predicted molar refractivity (Wildman–Crippen MR) is 68.9 cm³/mol. The Labute approximate surface area is 100 Å². The summed E-state index contributed by atoms with van der Waals surface area (Å²) < 4.78 is 0. The second-order valence-corrected chi connectivity index (χ2v) is 5.90. The maximum absolute atomic E-state index is 5.75. The van der Waals surface area contributed by atoms with Crippen LogP contribution in [0.2, 0.25) is 0 Å². The zero-order chi connectivity index (χ0) is 11.2. The van der Waals surface area contributed by atoms with Gasteiger partial charge in [-0.15, -0.1) is 0 Å². The van der Waals surface area contributed by atoms with Gasteiger partial charge in [-0.2, -0.15) is 0 Å². The summed E-state index contributed by atoms with van der Waals surface area (Å²) in [5.41, 5.74) is 3.10. The summed E-state index contributed by atoms with van der Waals surface area (Å²) in [5, 5.41) is 0. The molecular weight excluding hydrogens is 196 g/mol. The minimum absolute atomic E-state index is 0.596. The third-order valence-electron chi connectivity index (χ3n) is 4.52. The second kappa shape index (κ2) is 6.61. The third-order valence-corrected chi connectivity index (χ3v) is 4.52. The summed E-state index contributed by atoms with van der Waals surface area (Å²) in [6.45, 7) is 0. The molecule has 1 unspecified atom stereocenters. The molecule has 2 saturated carbocycles. The van der Waals surface area contributed by atoms with Crippen LogP contribution in [0, 0.1) is 11.8 Å². The van der Waals surface area contributed by atoms with Crippen LogP contribution in [0.15, 0.2) is 0 Å². The van der Waals surface area contributed by atoms with Crippen molar-refractivity contribution in [2.24, 2.45) is 17.7 Å². The van der Waals surface area contributed by atoms with Gasteiger partial charge in [0.05, 0.1) is 0 Å². The lowest BCUT2D eigenvalue weighted by Gasteiger charge is -2.28. The van der Waals surface area contributed by atoms with E-state index in [4.69, 9.17) is 5.84 Å². The Hall–Kier alpha value is -0.0800. The highest BCUT2D eigenvalue weighted by molar-refractivity contribution is 4.80. The Morgan fingerprint density at radius 1 is 0.938 bits per heavy atom. The van der Waals surface area contributed by atoms with Crippen LogP contribution in [0.3, 0.4) is 0 Å². The van der Waals surface area contributed by atoms with Crippen molar-refractivity contribution in [3.63, 3.8) is 0 Å². The molecule has 2 heteroatoms. The molecule has 2 nitrogen and oxygen atoms in total. The van der Waals surface area contributed by atoms with Crippen LogP contribution in [-0.2, 0) is 0 Å². The van der Waals surface area contributed by atoms with Gasteiger partial charge < -0.3 is 0 Å². The number of hydrogen-bond acceptors (Lipinski definition) is 2. The van der Waals surface area contributed by atoms with Gasteiger partial charge in [-0.3, -0.25) is 11.3 Å². The van der Waals surface area contributed by atoms with Gasteiger partial charge in [0.2, 0.25) is 0 Å². The van der Waals surface area contributed by atoms with Crippen molar-refractivity contribution in [1.82, 2.24) is 5.43 Å². The van der Waals surface area contributed by atoms with Crippen LogP contribution in [-0.4, -0.2) is 6.04 Å². The molecule has 0 aromatic carbocycles. The van der Waals surface area contributed by atoms with Gasteiger partial charge in [0.1, 0.15) is 0 Å². The standard InChI is InChI=1S/C14H28N2/c15-16-14(11-10-12-8-9-12)13-6-4-2-1-3-5-7-13/h12-14,16H,1-11,15H2. The quantitative estimate of drug-likeness (QED) is 0.555. The zero-order valence-corrected chi connectivity index (χ0v) is 10.6. The Bertz CT molecular complexity index is 181. The number of hydrazine groups is 1. The highest BCUT2D eigenvalue weighted by Crippen LogP contribution is 2.35. The first kappa shape index (κ1) is 12.4. The molecule has 0 aromatic rings. The number of hydrogen-bond donors (Lipinski definition) is 2. The van der Waals surface area contributed by atoms with Crippen molar-refractivity contribution in [3.8, 4) is 0 Å². The minimum Gasteiger partial charge on any atom is -0.271 e. The average Bonchev–Trinajstić information content (AvgIpc) is 3.04. The number of nitrogens with one attached hydrogen (secondary N) is 1. The molecule has 0 saturated heterocycles. The van der Waals surface area contributed by atoms with Gasteiger partial charge in [-0.1, -0.05) is 44.9 Å². The first-order chi connectivity index (χ1) is 7.90. The SMILES string of the molecule is NNC(CCC1CC1)C1CCCCCCC1. The lowest BCUT2D eigenvalue weighted by Crippen LogP contribution is -2.41. The zero-order valence-electron chi connectivity index (χ0n) is 10.6. The monoisotopic (exact) mass is 224 g/mol. The van der Waals surface area contributed by atoms with E-state index in [-0.39, 0.29) is 0 Å². The largest absolute Gasteiger partial charge is 0.271 e. The Kier molecular flexibility index (Phi) is 5.11. The Morgan fingerprint density at radius 2 is 1.56 bits per heavy atom. The molecule has 94 valence electrons. The Balaban J connectivity index is 1.74. The van der Waals surface area contributed by atoms with Gasteiger partial charge in [0.25, 0.3) is 0 Å². The van der Waals surface area contributed by atoms with Crippen molar-refractivity contribution >= 4 is 0 Å². The first-order valence-electron chi connectivity index (χ1n) is 7.36. The summed E-state index contributed by atoms with van der Waals surface area (Å²) >= 11 is 0. The van der Waals surface area contributed by atoms with Crippen LogP contribution in [0.25, 0.3) is 0 Å². The van der Waals surface area contributed by atoms with E-state index < -0.39 is 0 Å². The van der Waals surface area contributed by atoms with Crippen molar-refractivity contribution in [2.45, 2.75) is 76.7 Å². The summed E-state index contributed by atoms with van der Waals surface area (Å²) in [7, 11) is 0. The first-order valence-corrected chi connectivity index (χ1v) is 7.36. The van der Waals surface area contributed by atoms with Crippen LogP contribution in [0.5, 0.6) is 0 Å². The summed E-state index contributed by atoms with van der Waals surface area (Å²) in [5.74, 6) is 7.65. The normalized spacial score (nSPS) is 26.1. The van der Waals surface area contributed by atoms with Crippen LogP contribution in [0.1, 0.15) is 70.6 Å². The molecule has 0 aromatic heterocycles. The molecule has 2 aliphatic carbocycles. The van der Waals surface area contributed by atoms with E-state index in [2.05, 4.69) is 5.43 Å². The maximum atomic E-state index is 5.75. The summed E-state index contributed by atoms with van der Waals surface area (Å²) in [6.07, 6.45) is 15.7. The van der Waals surface area contributed by atoms with E-state index in [1.165, 1.54) is 70.6 Å². The molecule has 2 fully saturated rings. The molecule has 0 aliphatic heterocycles. The van der Waals surface area contributed by atoms with Gasteiger partial charge >= 0.3 is 0 Å². The van der Waals surface area contributed by atoms with E-state index in [0.717, 1.165) is 11.8 Å². The highest BCUT2D eigenvalue weighted by Gasteiger charge is 2.26. The fourth-order valence-electron chi connectivity index (χ4n) is 3.17. The molecule has 3 N–H and O–H groups in total. The van der Waals surface area contributed by atoms with E-state index in [1.807, 2.05) is 0 Å². The lowest BCUT2D eigenvalue weighted by molar-refractivity contribution is 0.269. The summed E-state index contributed by atoms with van der Waals surface area (Å²) in [6, 6.07) is 0.596. The fourth-order valence-corrected chi connectivity index (χ4v) is 3.17. The maximum Gasteiger partial charge on any atom is 0.0238 e. The van der Waals surface area contributed by atoms with E-state index >= 15 is 0 Å². The third kappa shape index (κ3) is 4.06. The number of nitrogens with two attached hydrogens (primary N) is 1. The van der Waals surface area contributed by atoms with Gasteiger partial charge in [-0.05, 0) is 37.5 Å². The average molecular weight is 224 g/mol. The highest BCUT2D eigenvalue weighted by atomic mass is 15.2. The van der Waals surface area contributed by atoms with E-state index in [0.29, 0.717) is 6.04 Å². The molecule has 2 rings (SSSR count). The van der Waals surface area contributed by atoms with Crippen molar-refractivity contribution < 1.29 is 0 Å². The molecule has 1 atom stereocenters. The van der Waals surface area contributed by atoms with Crippen LogP contribution >= 0.6 is 0 Å². The van der Waals surface area contributed by atoms with Gasteiger partial charge in [-0.25, -0.2) is 0 Å². The predicted octanol–water partition coefficient (Wildman–Crippen LogP) is 3.37. The molecule has 16 heavy (non-hydrogen) atoms.